The van der Waals surface area contributed by atoms with E-state index in [1.165, 1.54) is 12.7 Å². The summed E-state index contributed by atoms with van der Waals surface area (Å²) in [5.74, 6) is 0.687. The first-order valence-electron chi connectivity index (χ1n) is 13.0. The number of piperidine rings is 2. The van der Waals surface area contributed by atoms with Crippen LogP contribution in [0.5, 0.6) is 0 Å². The van der Waals surface area contributed by atoms with Crippen molar-refractivity contribution >= 4 is 45.5 Å². The van der Waals surface area contributed by atoms with E-state index >= 15 is 0 Å². The lowest BCUT2D eigenvalue weighted by Crippen LogP contribution is -2.47. The average molecular weight is 505 g/mol. The van der Waals surface area contributed by atoms with E-state index in [4.69, 9.17) is 15.5 Å². The molecule has 5 heterocycles. The SMILES string of the molecule is COC(=O)N1CCC(c2ccc3[nH]c4c(C(N)=O)cnc(N5CCCC6(CCNC6=O)C5)c4c3c2)CC1. The molecule has 0 bridgehead atoms. The molecule has 6 rings (SSSR count). The van der Waals surface area contributed by atoms with Crippen LogP contribution in [-0.4, -0.2) is 72.6 Å². The third-order valence-electron chi connectivity index (χ3n) is 8.54. The molecule has 4 N–H and O–H groups in total. The highest BCUT2D eigenvalue weighted by Gasteiger charge is 2.45. The van der Waals surface area contributed by atoms with Gasteiger partial charge in [0.05, 0.1) is 29.0 Å². The number of likely N-dealkylation sites (tertiary alicyclic amines) is 1. The van der Waals surface area contributed by atoms with Crippen LogP contribution in [0.3, 0.4) is 0 Å². The topological polar surface area (TPSA) is 134 Å². The number of nitrogens with one attached hydrogen (secondary N) is 2. The fraction of sp³-hybridized carbons (Fsp3) is 0.481. The normalized spacial score (nSPS) is 22.7. The van der Waals surface area contributed by atoms with Gasteiger partial charge in [-0.2, -0.15) is 0 Å². The summed E-state index contributed by atoms with van der Waals surface area (Å²) in [5, 5.41) is 4.87. The predicted molar refractivity (Wildman–Crippen MR) is 140 cm³/mol. The molecule has 1 spiro atoms. The van der Waals surface area contributed by atoms with Gasteiger partial charge in [0, 0.05) is 49.8 Å². The molecule has 1 unspecified atom stereocenters. The van der Waals surface area contributed by atoms with Crippen molar-refractivity contribution < 1.29 is 19.1 Å². The maximum atomic E-state index is 12.7. The minimum Gasteiger partial charge on any atom is -0.453 e. The van der Waals surface area contributed by atoms with E-state index in [-0.39, 0.29) is 17.4 Å². The Morgan fingerprint density at radius 2 is 2.00 bits per heavy atom. The summed E-state index contributed by atoms with van der Waals surface area (Å²) in [7, 11) is 1.41. The summed E-state index contributed by atoms with van der Waals surface area (Å²) in [6, 6.07) is 6.35. The summed E-state index contributed by atoms with van der Waals surface area (Å²) in [6.45, 7) is 3.42. The average Bonchev–Trinajstić information content (AvgIpc) is 3.47. The van der Waals surface area contributed by atoms with Gasteiger partial charge in [0.15, 0.2) is 0 Å². The zero-order valence-corrected chi connectivity index (χ0v) is 21.0. The van der Waals surface area contributed by atoms with Crippen molar-refractivity contribution in [3.05, 3.63) is 35.5 Å². The van der Waals surface area contributed by atoms with Gasteiger partial charge in [-0.15, -0.1) is 0 Å². The number of carbonyl (C=O) groups is 3. The number of hydrogen-bond donors (Lipinski definition) is 3. The summed E-state index contributed by atoms with van der Waals surface area (Å²) in [5.41, 5.74) is 8.48. The molecule has 0 saturated carbocycles. The first kappa shape index (κ1) is 23.6. The van der Waals surface area contributed by atoms with Gasteiger partial charge >= 0.3 is 6.09 Å². The monoisotopic (exact) mass is 504 g/mol. The Balaban J connectivity index is 1.42. The number of H-pyrrole nitrogens is 1. The largest absolute Gasteiger partial charge is 0.453 e. The van der Waals surface area contributed by atoms with E-state index in [1.807, 2.05) is 6.07 Å². The Kier molecular flexibility index (Phi) is 5.69. The van der Waals surface area contributed by atoms with E-state index < -0.39 is 5.91 Å². The van der Waals surface area contributed by atoms with Gasteiger partial charge in [0.1, 0.15) is 5.82 Å². The molecule has 3 amide bonds. The summed E-state index contributed by atoms with van der Waals surface area (Å²) < 4.78 is 4.88. The zero-order chi connectivity index (χ0) is 25.7. The smallest absolute Gasteiger partial charge is 0.409 e. The van der Waals surface area contributed by atoms with Crippen molar-refractivity contribution in [2.75, 3.05) is 44.7 Å². The summed E-state index contributed by atoms with van der Waals surface area (Å²) >= 11 is 0. The Bertz CT molecular complexity index is 1410. The lowest BCUT2D eigenvalue weighted by molar-refractivity contribution is -0.128. The highest BCUT2D eigenvalue weighted by Crippen LogP contribution is 2.42. The quantitative estimate of drug-likeness (QED) is 0.502. The lowest BCUT2D eigenvalue weighted by Gasteiger charge is -2.39. The van der Waals surface area contributed by atoms with Crippen LogP contribution in [-0.2, 0) is 9.53 Å². The Morgan fingerprint density at radius 3 is 2.70 bits per heavy atom. The second kappa shape index (κ2) is 8.93. The molecule has 37 heavy (non-hydrogen) atoms. The number of nitrogens with two attached hydrogens (primary N) is 1. The van der Waals surface area contributed by atoms with Gasteiger partial charge in [-0.1, -0.05) is 6.07 Å². The van der Waals surface area contributed by atoms with Gasteiger partial charge in [0.2, 0.25) is 5.91 Å². The molecule has 0 aliphatic carbocycles. The number of pyridine rings is 1. The van der Waals surface area contributed by atoms with Crippen molar-refractivity contribution in [2.24, 2.45) is 11.1 Å². The van der Waals surface area contributed by atoms with Crippen LogP contribution in [0.15, 0.2) is 24.4 Å². The Hall–Kier alpha value is -3.82. The van der Waals surface area contributed by atoms with Crippen LogP contribution in [0.2, 0.25) is 0 Å². The number of carbonyl (C=O) groups excluding carboxylic acids is 3. The molecule has 3 aromatic rings. The number of amides is 3. The Morgan fingerprint density at radius 1 is 1.19 bits per heavy atom. The van der Waals surface area contributed by atoms with Gasteiger partial charge in [0.25, 0.3) is 5.91 Å². The zero-order valence-electron chi connectivity index (χ0n) is 21.0. The minimum absolute atomic E-state index is 0.127. The van der Waals surface area contributed by atoms with Crippen molar-refractivity contribution in [1.82, 2.24) is 20.2 Å². The van der Waals surface area contributed by atoms with Gasteiger partial charge in [-0.05, 0) is 55.7 Å². The number of primary amides is 1. The number of hydrogen-bond acceptors (Lipinski definition) is 6. The number of fused-ring (bicyclic) bond motifs is 3. The van der Waals surface area contributed by atoms with Crippen LogP contribution in [0, 0.1) is 5.41 Å². The number of ether oxygens (including phenoxy) is 1. The third-order valence-corrected chi connectivity index (χ3v) is 8.54. The lowest BCUT2D eigenvalue weighted by atomic mass is 9.78. The number of anilines is 1. The molecule has 194 valence electrons. The molecule has 1 atom stereocenters. The summed E-state index contributed by atoms with van der Waals surface area (Å²) in [6.07, 6.45) is 5.58. The van der Waals surface area contributed by atoms with Gasteiger partial charge in [-0.25, -0.2) is 9.78 Å². The first-order chi connectivity index (χ1) is 17.9. The van der Waals surface area contributed by atoms with Crippen LogP contribution in [0.1, 0.15) is 53.9 Å². The highest BCUT2D eigenvalue weighted by atomic mass is 16.5. The van der Waals surface area contributed by atoms with Crippen LogP contribution < -0.4 is 16.0 Å². The van der Waals surface area contributed by atoms with Crippen LogP contribution in [0.4, 0.5) is 10.6 Å². The molecular formula is C27H32N6O4. The van der Waals surface area contributed by atoms with E-state index in [9.17, 15) is 14.4 Å². The fourth-order valence-corrected chi connectivity index (χ4v) is 6.52. The van der Waals surface area contributed by atoms with E-state index in [2.05, 4.69) is 27.3 Å². The second-order valence-corrected chi connectivity index (χ2v) is 10.6. The predicted octanol–water partition coefficient (Wildman–Crippen LogP) is 2.87. The number of aromatic nitrogens is 2. The standard InChI is InChI=1S/C27H32N6O4/c1-37-26(36)32-11-5-16(6-12-32)17-3-4-20-18(13-17)21-22(31-20)19(23(28)34)14-30-24(21)33-10-2-7-27(15-33)8-9-29-25(27)35/h3-4,13-14,16,31H,2,5-12,15H2,1H3,(H2,28,34)(H,29,35). The van der Waals surface area contributed by atoms with Gasteiger partial charge < -0.3 is 30.6 Å². The molecular weight excluding hydrogens is 472 g/mol. The Labute approximate surface area is 214 Å². The number of methoxy groups -OCH3 is 1. The van der Waals surface area contributed by atoms with E-state index in [0.717, 1.165) is 60.8 Å². The highest BCUT2D eigenvalue weighted by molar-refractivity contribution is 6.18. The fourth-order valence-electron chi connectivity index (χ4n) is 6.52. The number of benzene rings is 1. The molecule has 3 aliphatic heterocycles. The second-order valence-electron chi connectivity index (χ2n) is 10.6. The van der Waals surface area contributed by atoms with Gasteiger partial charge in [-0.3, -0.25) is 9.59 Å². The van der Waals surface area contributed by atoms with Crippen molar-refractivity contribution in [2.45, 2.75) is 38.0 Å². The van der Waals surface area contributed by atoms with E-state index in [0.29, 0.717) is 43.2 Å². The third kappa shape index (κ3) is 3.86. The maximum absolute atomic E-state index is 12.7. The molecule has 3 saturated heterocycles. The first-order valence-corrected chi connectivity index (χ1v) is 13.0. The summed E-state index contributed by atoms with van der Waals surface area (Å²) in [4.78, 5) is 49.1. The van der Waals surface area contributed by atoms with Crippen molar-refractivity contribution in [1.29, 1.82) is 0 Å². The van der Waals surface area contributed by atoms with E-state index in [1.54, 1.807) is 11.1 Å². The number of nitrogens with zero attached hydrogens (tertiary/aromatic N) is 3. The number of rotatable bonds is 3. The van der Waals surface area contributed by atoms with Crippen LogP contribution in [0.25, 0.3) is 21.8 Å². The molecule has 10 heteroatoms. The molecule has 3 fully saturated rings. The maximum Gasteiger partial charge on any atom is 0.409 e. The van der Waals surface area contributed by atoms with Crippen LogP contribution >= 0.6 is 0 Å². The molecule has 3 aliphatic rings. The molecule has 1 aromatic carbocycles. The van der Waals surface area contributed by atoms with Crippen molar-refractivity contribution in [3.8, 4) is 0 Å². The number of aromatic amines is 1. The molecule has 10 nitrogen and oxygen atoms in total. The molecule has 0 radical (unpaired) electrons. The van der Waals surface area contributed by atoms with Crippen molar-refractivity contribution in [3.63, 3.8) is 0 Å². The molecule has 2 aromatic heterocycles. The minimum atomic E-state index is -0.531.